The molecule has 0 aliphatic carbocycles. The molecule has 0 aromatic rings. The fraction of sp³-hybridized carbons (Fsp3) is 0.909. The van der Waals surface area contributed by atoms with Crippen LogP contribution < -0.4 is 0 Å². The molecule has 0 bridgehead atoms. The molecule has 0 N–H and O–H groups in total. The minimum absolute atomic E-state index is 0.00989. The molecule has 5 nitrogen and oxygen atoms in total. The van der Waals surface area contributed by atoms with E-state index in [1.165, 1.54) is 0 Å². The lowest BCUT2D eigenvalue weighted by Gasteiger charge is -2.14. The lowest BCUT2D eigenvalue weighted by Crippen LogP contribution is -2.19. The van der Waals surface area contributed by atoms with Gasteiger partial charge in [-0.25, -0.2) is 16.8 Å². The van der Waals surface area contributed by atoms with Gasteiger partial charge in [0.15, 0.2) is 9.84 Å². The quantitative estimate of drug-likeness (QED) is 0.627. The SMILES string of the molecule is CC(C)(C#N)CCCCS(=O)(=O)CCS(C)(=O)=O. The standard InChI is InChI=1S/C11H21NO4S2/c1-11(2,10-12)6-4-5-7-18(15,16)9-8-17(3,13)14/h4-9H2,1-3H3. The van der Waals surface area contributed by atoms with Gasteiger partial charge in [-0.1, -0.05) is 6.42 Å². The molecule has 0 rings (SSSR count). The van der Waals surface area contributed by atoms with E-state index in [-0.39, 0.29) is 17.3 Å². The first-order valence-corrected chi connectivity index (χ1v) is 9.65. The van der Waals surface area contributed by atoms with Crippen molar-refractivity contribution in [1.82, 2.24) is 0 Å². The summed E-state index contributed by atoms with van der Waals surface area (Å²) < 4.78 is 44.8. The first-order valence-electron chi connectivity index (χ1n) is 5.77. The minimum Gasteiger partial charge on any atom is -0.229 e. The van der Waals surface area contributed by atoms with Crippen molar-refractivity contribution in [2.75, 3.05) is 23.5 Å². The summed E-state index contributed by atoms with van der Waals surface area (Å²) in [6, 6.07) is 2.16. The highest BCUT2D eigenvalue weighted by Crippen LogP contribution is 2.21. The van der Waals surface area contributed by atoms with Crippen LogP contribution in [0.5, 0.6) is 0 Å². The van der Waals surface area contributed by atoms with Gasteiger partial charge in [0, 0.05) is 6.26 Å². The Morgan fingerprint density at radius 3 is 2.00 bits per heavy atom. The van der Waals surface area contributed by atoms with Gasteiger partial charge in [0.25, 0.3) is 0 Å². The topological polar surface area (TPSA) is 92.1 Å². The van der Waals surface area contributed by atoms with E-state index < -0.39 is 25.1 Å². The summed E-state index contributed by atoms with van der Waals surface area (Å²) in [7, 11) is -6.54. The lowest BCUT2D eigenvalue weighted by atomic mass is 9.89. The highest BCUT2D eigenvalue weighted by Gasteiger charge is 2.18. The summed E-state index contributed by atoms with van der Waals surface area (Å²) in [6.07, 6.45) is 2.79. The van der Waals surface area contributed by atoms with Crippen molar-refractivity contribution in [3.05, 3.63) is 0 Å². The van der Waals surface area contributed by atoms with Crippen LogP contribution in [-0.2, 0) is 19.7 Å². The number of rotatable bonds is 8. The maximum absolute atomic E-state index is 11.5. The molecule has 0 saturated carbocycles. The van der Waals surface area contributed by atoms with Gasteiger partial charge in [-0.15, -0.1) is 0 Å². The maximum atomic E-state index is 11.5. The lowest BCUT2D eigenvalue weighted by molar-refractivity contribution is 0.431. The zero-order valence-electron chi connectivity index (χ0n) is 11.1. The van der Waals surface area contributed by atoms with Crippen LogP contribution in [0.15, 0.2) is 0 Å². The Bertz CT molecular complexity index is 498. The van der Waals surface area contributed by atoms with Crippen LogP contribution in [0.25, 0.3) is 0 Å². The highest BCUT2D eigenvalue weighted by atomic mass is 32.2. The second-order valence-electron chi connectivity index (χ2n) is 5.23. The Morgan fingerprint density at radius 2 is 1.56 bits per heavy atom. The third kappa shape index (κ3) is 9.42. The number of nitrogens with zero attached hydrogens (tertiary/aromatic N) is 1. The molecular weight excluding hydrogens is 274 g/mol. The van der Waals surface area contributed by atoms with Crippen molar-refractivity contribution in [2.45, 2.75) is 33.1 Å². The smallest absolute Gasteiger partial charge is 0.151 e. The van der Waals surface area contributed by atoms with Crippen LogP contribution >= 0.6 is 0 Å². The highest BCUT2D eigenvalue weighted by molar-refractivity contribution is 7.94. The molecule has 18 heavy (non-hydrogen) atoms. The second-order valence-corrected chi connectivity index (χ2v) is 9.80. The van der Waals surface area contributed by atoms with E-state index in [0.29, 0.717) is 19.3 Å². The Kier molecular flexibility index (Phi) is 6.30. The van der Waals surface area contributed by atoms with Gasteiger partial charge in [-0.2, -0.15) is 5.26 Å². The molecule has 0 heterocycles. The van der Waals surface area contributed by atoms with E-state index in [0.717, 1.165) is 6.26 Å². The molecule has 0 aromatic heterocycles. The molecule has 0 amide bonds. The molecule has 0 saturated heterocycles. The van der Waals surface area contributed by atoms with Crippen LogP contribution in [0.4, 0.5) is 0 Å². The number of hydrogen-bond donors (Lipinski definition) is 0. The first kappa shape index (κ1) is 17.4. The van der Waals surface area contributed by atoms with Gasteiger partial charge < -0.3 is 0 Å². The first-order chi connectivity index (χ1) is 7.97. The van der Waals surface area contributed by atoms with Crippen molar-refractivity contribution in [2.24, 2.45) is 5.41 Å². The second kappa shape index (κ2) is 6.53. The van der Waals surface area contributed by atoms with Crippen LogP contribution in [0.1, 0.15) is 33.1 Å². The summed E-state index contributed by atoms with van der Waals surface area (Å²) in [5.74, 6) is -0.642. The summed E-state index contributed by atoms with van der Waals surface area (Å²) >= 11 is 0. The molecular formula is C11H21NO4S2. The minimum atomic E-state index is -3.30. The van der Waals surface area contributed by atoms with Crippen LogP contribution in [0, 0.1) is 16.7 Å². The normalized spacial score (nSPS) is 13.2. The number of hydrogen-bond acceptors (Lipinski definition) is 5. The fourth-order valence-electron chi connectivity index (χ4n) is 1.33. The van der Waals surface area contributed by atoms with E-state index in [1.54, 1.807) is 0 Å². The molecule has 0 aromatic carbocycles. The summed E-state index contributed by atoms with van der Waals surface area (Å²) in [6.45, 7) is 3.62. The Labute approximate surface area is 110 Å². The van der Waals surface area contributed by atoms with Gasteiger partial charge in [0.05, 0.1) is 28.7 Å². The van der Waals surface area contributed by atoms with Crippen molar-refractivity contribution in [3.63, 3.8) is 0 Å². The number of unbranched alkanes of at least 4 members (excludes halogenated alkanes) is 1. The molecule has 0 unspecified atom stereocenters. The predicted octanol–water partition coefficient (Wildman–Crippen LogP) is 1.17. The zero-order chi connectivity index (χ0) is 14.4. The Morgan fingerprint density at radius 1 is 1.00 bits per heavy atom. The summed E-state index contributed by atoms with van der Waals surface area (Å²) in [4.78, 5) is 0. The summed E-state index contributed by atoms with van der Waals surface area (Å²) in [5, 5.41) is 8.79. The van der Waals surface area contributed by atoms with Gasteiger partial charge >= 0.3 is 0 Å². The van der Waals surface area contributed by atoms with Crippen molar-refractivity contribution in [3.8, 4) is 6.07 Å². The average molecular weight is 295 g/mol. The van der Waals surface area contributed by atoms with Crippen molar-refractivity contribution < 1.29 is 16.8 Å². The fourth-order valence-corrected chi connectivity index (χ4v) is 4.40. The summed E-state index contributed by atoms with van der Waals surface area (Å²) in [5.41, 5.74) is -0.434. The van der Waals surface area contributed by atoms with Crippen molar-refractivity contribution >= 4 is 19.7 Å². The van der Waals surface area contributed by atoms with E-state index in [9.17, 15) is 16.8 Å². The van der Waals surface area contributed by atoms with Gasteiger partial charge in [0.2, 0.25) is 0 Å². The zero-order valence-corrected chi connectivity index (χ0v) is 12.8. The van der Waals surface area contributed by atoms with Crippen LogP contribution in [0.2, 0.25) is 0 Å². The molecule has 0 spiro atoms. The molecule has 7 heteroatoms. The third-order valence-electron chi connectivity index (χ3n) is 2.57. The van der Waals surface area contributed by atoms with E-state index in [2.05, 4.69) is 6.07 Å². The Balaban J connectivity index is 4.04. The molecule has 0 aliphatic rings. The van der Waals surface area contributed by atoms with Crippen LogP contribution in [-0.4, -0.2) is 40.3 Å². The van der Waals surface area contributed by atoms with Gasteiger partial charge in [-0.05, 0) is 26.7 Å². The van der Waals surface area contributed by atoms with Gasteiger partial charge in [-0.3, -0.25) is 0 Å². The molecule has 106 valence electrons. The van der Waals surface area contributed by atoms with E-state index >= 15 is 0 Å². The Hall–Kier alpha value is -0.610. The van der Waals surface area contributed by atoms with Gasteiger partial charge in [0.1, 0.15) is 9.84 Å². The predicted molar refractivity (Wildman–Crippen MR) is 71.6 cm³/mol. The number of nitriles is 1. The molecule has 0 radical (unpaired) electrons. The monoisotopic (exact) mass is 295 g/mol. The maximum Gasteiger partial charge on any atom is 0.151 e. The van der Waals surface area contributed by atoms with E-state index in [4.69, 9.17) is 5.26 Å². The third-order valence-corrected chi connectivity index (χ3v) is 5.52. The average Bonchev–Trinajstić information content (AvgIpc) is 2.21. The van der Waals surface area contributed by atoms with Crippen LogP contribution in [0.3, 0.4) is 0 Å². The van der Waals surface area contributed by atoms with Crippen molar-refractivity contribution in [1.29, 1.82) is 5.26 Å². The molecule has 0 aliphatic heterocycles. The number of sulfone groups is 2. The van der Waals surface area contributed by atoms with E-state index in [1.807, 2.05) is 13.8 Å². The largest absolute Gasteiger partial charge is 0.229 e. The molecule has 0 fully saturated rings. The molecule has 0 atom stereocenters.